The molecule has 0 aliphatic heterocycles. The zero-order valence-corrected chi connectivity index (χ0v) is 15.3. The van der Waals surface area contributed by atoms with Crippen molar-refractivity contribution in [3.63, 3.8) is 0 Å². The van der Waals surface area contributed by atoms with Crippen LogP contribution in [0.5, 0.6) is 0 Å². The van der Waals surface area contributed by atoms with Gasteiger partial charge in [-0.05, 0) is 6.08 Å². The number of rotatable bonds is 10. The molecule has 3 heteroatoms. The van der Waals surface area contributed by atoms with Gasteiger partial charge in [0, 0.05) is 0 Å². The Morgan fingerprint density at radius 1 is 1.00 bits per heavy atom. The Hall–Kier alpha value is 0.00870. The van der Waals surface area contributed by atoms with Crippen molar-refractivity contribution in [1.29, 1.82) is 0 Å². The quantitative estimate of drug-likeness (QED) is 0.439. The Balaban J connectivity index is 0. The number of aliphatic carboxylic acids is 1. The molecule has 0 saturated heterocycles. The van der Waals surface area contributed by atoms with Gasteiger partial charge in [0.25, 0.3) is 0 Å². The zero-order chi connectivity index (χ0) is 14.2. The molecule has 0 unspecified atom stereocenters. The first-order chi connectivity index (χ1) is 8.62. The number of carboxylic acids is 1. The molecule has 0 fully saturated rings. The summed E-state index contributed by atoms with van der Waals surface area (Å²) in [5.74, 6) is -1.23. The van der Waals surface area contributed by atoms with Gasteiger partial charge in [-0.2, -0.15) is 0 Å². The van der Waals surface area contributed by atoms with Gasteiger partial charge in [0.2, 0.25) is 0 Å². The summed E-state index contributed by atoms with van der Waals surface area (Å²) in [6, 6.07) is 0. The first kappa shape index (κ1) is 20.3. The second-order valence-corrected chi connectivity index (χ2v) is 13.1. The molecule has 0 radical (unpaired) electrons. The SMILES string of the molecule is C=CC(=O)[O-].CCC[CH2][Sn+]([CH2]CCC)[CH2]CCC. The monoisotopic (exact) mass is 362 g/mol. The summed E-state index contributed by atoms with van der Waals surface area (Å²) in [5.41, 5.74) is 0. The molecular weight excluding hydrogens is 331 g/mol. The van der Waals surface area contributed by atoms with Gasteiger partial charge >= 0.3 is 92.4 Å². The van der Waals surface area contributed by atoms with Gasteiger partial charge in [-0.15, -0.1) is 0 Å². The molecule has 0 atom stereocenters. The van der Waals surface area contributed by atoms with Gasteiger partial charge in [-0.1, -0.05) is 6.58 Å². The van der Waals surface area contributed by atoms with Crippen LogP contribution in [0.1, 0.15) is 59.3 Å². The molecule has 18 heavy (non-hydrogen) atoms. The fourth-order valence-corrected chi connectivity index (χ4v) is 11.1. The van der Waals surface area contributed by atoms with Crippen LogP contribution in [0.15, 0.2) is 12.7 Å². The van der Waals surface area contributed by atoms with Gasteiger partial charge in [0.15, 0.2) is 0 Å². The average molecular weight is 361 g/mol. The fourth-order valence-electron chi connectivity index (χ4n) is 1.66. The van der Waals surface area contributed by atoms with Crippen LogP contribution in [0.3, 0.4) is 0 Å². The van der Waals surface area contributed by atoms with Crippen LogP contribution < -0.4 is 5.11 Å². The minimum absolute atomic E-state index is 0.722. The normalized spacial score (nSPS) is 9.28. The van der Waals surface area contributed by atoms with Crippen molar-refractivity contribution in [3.8, 4) is 0 Å². The molecule has 0 heterocycles. The van der Waals surface area contributed by atoms with E-state index in [-0.39, 0.29) is 0 Å². The van der Waals surface area contributed by atoms with Crippen molar-refractivity contribution in [2.24, 2.45) is 0 Å². The van der Waals surface area contributed by atoms with E-state index in [0.717, 1.165) is 6.08 Å². The summed E-state index contributed by atoms with van der Waals surface area (Å²) >= 11 is -0.839. The van der Waals surface area contributed by atoms with E-state index in [1.807, 2.05) is 0 Å². The Kier molecular flexibility index (Phi) is 19.2. The first-order valence-corrected chi connectivity index (χ1v) is 13.3. The molecule has 0 saturated carbocycles. The maximum absolute atomic E-state index is 9.14. The molecule has 0 rings (SSSR count). The third-order valence-electron chi connectivity index (χ3n) is 2.82. The number of carboxylic acid groups (broad SMARTS) is 1. The standard InChI is InChI=1S/3C4H9.C3H4O2.Sn/c3*1-3-4-2;1-2-3(4)5;/h3*1,3-4H2,2H3;2H,1H2,(H,4,5);/q;;;;+1/p-1. The van der Waals surface area contributed by atoms with Crippen LogP contribution in [0.4, 0.5) is 0 Å². The summed E-state index contributed by atoms with van der Waals surface area (Å²) in [4.78, 5) is 9.14. The molecule has 0 amide bonds. The van der Waals surface area contributed by atoms with Crippen LogP contribution >= 0.6 is 0 Å². The number of hydrogen-bond donors (Lipinski definition) is 0. The molecule has 0 bridgehead atoms. The van der Waals surface area contributed by atoms with E-state index in [0.29, 0.717) is 0 Å². The molecule has 0 aromatic carbocycles. The van der Waals surface area contributed by atoms with Crippen molar-refractivity contribution >= 4 is 25.7 Å². The van der Waals surface area contributed by atoms with Crippen LogP contribution in [0.25, 0.3) is 0 Å². The van der Waals surface area contributed by atoms with Crippen molar-refractivity contribution < 1.29 is 9.90 Å². The van der Waals surface area contributed by atoms with Gasteiger partial charge in [-0.3, -0.25) is 0 Å². The van der Waals surface area contributed by atoms with Gasteiger partial charge in [0.1, 0.15) is 0 Å². The molecule has 0 aromatic rings. The van der Waals surface area contributed by atoms with Gasteiger partial charge in [0.05, 0.1) is 5.97 Å². The van der Waals surface area contributed by atoms with E-state index in [4.69, 9.17) is 9.90 Å². The summed E-state index contributed by atoms with van der Waals surface area (Å²) in [7, 11) is 0. The third-order valence-corrected chi connectivity index (χ3v) is 11.9. The molecule has 0 aliphatic rings. The maximum atomic E-state index is 9.14. The average Bonchev–Trinajstić information content (AvgIpc) is 2.38. The van der Waals surface area contributed by atoms with E-state index in [2.05, 4.69) is 27.4 Å². The van der Waals surface area contributed by atoms with E-state index < -0.39 is 25.7 Å². The second-order valence-electron chi connectivity index (χ2n) is 4.58. The van der Waals surface area contributed by atoms with Crippen LogP contribution in [-0.4, -0.2) is 25.7 Å². The van der Waals surface area contributed by atoms with Crippen LogP contribution in [0.2, 0.25) is 13.3 Å². The second kappa shape index (κ2) is 17.0. The predicted octanol–water partition coefficient (Wildman–Crippen LogP) is 3.80. The van der Waals surface area contributed by atoms with Crippen molar-refractivity contribution in [3.05, 3.63) is 12.7 Å². The topological polar surface area (TPSA) is 40.1 Å². The number of carbonyl (C=O) groups excluding carboxylic acids is 1. The van der Waals surface area contributed by atoms with Gasteiger partial charge in [-0.25, -0.2) is 0 Å². The number of unbranched alkanes of at least 4 members (excludes halogenated alkanes) is 3. The Morgan fingerprint density at radius 2 is 1.28 bits per heavy atom. The molecule has 0 N–H and O–H groups in total. The van der Waals surface area contributed by atoms with Crippen LogP contribution in [-0.2, 0) is 4.79 Å². The van der Waals surface area contributed by atoms with E-state index in [1.54, 1.807) is 13.3 Å². The fraction of sp³-hybridized carbons (Fsp3) is 0.800. The number of carbonyl (C=O) groups is 1. The predicted molar refractivity (Wildman–Crippen MR) is 80.1 cm³/mol. The molecular formula is C15H30O2Sn. The van der Waals surface area contributed by atoms with Crippen molar-refractivity contribution in [2.75, 3.05) is 0 Å². The summed E-state index contributed by atoms with van der Waals surface area (Å²) in [6.45, 7) is 9.90. The Morgan fingerprint density at radius 3 is 1.44 bits per heavy atom. The molecule has 0 aliphatic carbocycles. The Bertz CT molecular complexity index is 174. The molecule has 2 nitrogen and oxygen atoms in total. The Labute approximate surface area is 121 Å². The molecule has 0 spiro atoms. The summed E-state index contributed by atoms with van der Waals surface area (Å²) in [6.07, 6.45) is 9.57. The van der Waals surface area contributed by atoms with Gasteiger partial charge < -0.3 is 9.90 Å². The molecule has 106 valence electrons. The minimum atomic E-state index is -1.23. The summed E-state index contributed by atoms with van der Waals surface area (Å²) in [5, 5.41) is 9.14. The van der Waals surface area contributed by atoms with E-state index >= 15 is 0 Å². The third kappa shape index (κ3) is 18.4. The number of hydrogen-bond acceptors (Lipinski definition) is 2. The zero-order valence-electron chi connectivity index (χ0n) is 12.5. The van der Waals surface area contributed by atoms with E-state index in [9.17, 15) is 0 Å². The summed E-state index contributed by atoms with van der Waals surface area (Å²) < 4.78 is 5.04. The van der Waals surface area contributed by atoms with Crippen LogP contribution in [0, 0.1) is 0 Å². The van der Waals surface area contributed by atoms with Crippen molar-refractivity contribution in [1.82, 2.24) is 0 Å². The van der Waals surface area contributed by atoms with E-state index in [1.165, 1.54) is 38.5 Å². The van der Waals surface area contributed by atoms with Crippen molar-refractivity contribution in [2.45, 2.75) is 72.6 Å². The first-order valence-electron chi connectivity index (χ1n) is 7.29. The molecule has 0 aromatic heterocycles.